The van der Waals surface area contributed by atoms with Crippen LogP contribution in [-0.4, -0.2) is 76.5 Å². The highest BCUT2D eigenvalue weighted by molar-refractivity contribution is 7.22. The van der Waals surface area contributed by atoms with Gasteiger partial charge in [0.25, 0.3) is 5.91 Å². The monoisotopic (exact) mass is 543 g/mol. The van der Waals surface area contributed by atoms with Gasteiger partial charge in [-0.05, 0) is 24.6 Å². The predicted octanol–water partition coefficient (Wildman–Crippen LogP) is 4.39. The topological polar surface area (TPSA) is 73.4 Å². The van der Waals surface area contributed by atoms with E-state index < -0.39 is 11.6 Å². The van der Waals surface area contributed by atoms with Gasteiger partial charge in [0.1, 0.15) is 11.3 Å². The van der Waals surface area contributed by atoms with Crippen LogP contribution in [0.2, 0.25) is 0 Å². The standard InChI is InChI=1S/C24H27F2N3O5S.ClH/c1-31-18-11-15(12-19(32-2)22(18)33-3)23(30)29(6-4-5-28-7-9-34-10-8-28)24-27-21-17(26)13-16(25)14-20(21)35-24;/h11-14H,4-10H2,1-3H3;1H. The molecule has 1 aromatic heterocycles. The van der Waals surface area contributed by atoms with Gasteiger partial charge in [-0.15, -0.1) is 12.4 Å². The summed E-state index contributed by atoms with van der Waals surface area (Å²) in [6, 6.07) is 5.13. The Morgan fingerprint density at radius 3 is 2.36 bits per heavy atom. The molecule has 0 aliphatic carbocycles. The van der Waals surface area contributed by atoms with Gasteiger partial charge in [-0.3, -0.25) is 14.6 Å². The zero-order valence-corrected chi connectivity index (χ0v) is 21.8. The average molecular weight is 544 g/mol. The first-order valence-corrected chi connectivity index (χ1v) is 11.9. The third-order valence-electron chi connectivity index (χ3n) is 5.75. The van der Waals surface area contributed by atoms with E-state index in [1.807, 2.05) is 0 Å². The molecule has 1 amide bonds. The van der Waals surface area contributed by atoms with Crippen LogP contribution in [0.25, 0.3) is 10.2 Å². The number of anilines is 1. The molecular formula is C24H28ClF2N3O5S. The van der Waals surface area contributed by atoms with Crippen LogP contribution in [0, 0.1) is 11.6 Å². The Balaban J connectivity index is 0.00000361. The maximum absolute atomic E-state index is 14.4. The van der Waals surface area contributed by atoms with Crippen molar-refractivity contribution in [1.29, 1.82) is 0 Å². The highest BCUT2D eigenvalue weighted by Crippen LogP contribution is 2.39. The van der Waals surface area contributed by atoms with Crippen molar-refractivity contribution in [3.63, 3.8) is 0 Å². The quantitative estimate of drug-likeness (QED) is 0.396. The number of carbonyl (C=O) groups excluding carboxylic acids is 1. The number of hydrogen-bond donors (Lipinski definition) is 0. The molecule has 1 aliphatic heterocycles. The molecule has 0 atom stereocenters. The molecule has 4 rings (SSSR count). The highest BCUT2D eigenvalue weighted by atomic mass is 35.5. The first-order chi connectivity index (χ1) is 16.9. The summed E-state index contributed by atoms with van der Waals surface area (Å²) in [6.45, 7) is 4.10. The van der Waals surface area contributed by atoms with Crippen LogP contribution >= 0.6 is 23.7 Å². The molecule has 1 fully saturated rings. The van der Waals surface area contributed by atoms with Crippen LogP contribution in [0.5, 0.6) is 17.2 Å². The summed E-state index contributed by atoms with van der Waals surface area (Å²) >= 11 is 1.06. The number of nitrogens with zero attached hydrogens (tertiary/aromatic N) is 3. The summed E-state index contributed by atoms with van der Waals surface area (Å²) < 4.78 is 50.0. The number of morpholine rings is 1. The van der Waals surface area contributed by atoms with E-state index in [0.717, 1.165) is 37.0 Å². The zero-order chi connectivity index (χ0) is 24.9. The van der Waals surface area contributed by atoms with Crippen LogP contribution in [0.1, 0.15) is 16.8 Å². The van der Waals surface area contributed by atoms with Gasteiger partial charge >= 0.3 is 0 Å². The molecule has 8 nitrogen and oxygen atoms in total. The number of methoxy groups -OCH3 is 3. The predicted molar refractivity (Wildman–Crippen MR) is 136 cm³/mol. The lowest BCUT2D eigenvalue weighted by atomic mass is 10.1. The van der Waals surface area contributed by atoms with Gasteiger partial charge in [0.2, 0.25) is 5.75 Å². The van der Waals surface area contributed by atoms with Crippen LogP contribution < -0.4 is 19.1 Å². The Labute approximate surface area is 218 Å². The fourth-order valence-corrected chi connectivity index (χ4v) is 5.01. The highest BCUT2D eigenvalue weighted by Gasteiger charge is 2.25. The van der Waals surface area contributed by atoms with Crippen molar-refractivity contribution < 1.29 is 32.5 Å². The second-order valence-corrected chi connectivity index (χ2v) is 8.92. The minimum atomic E-state index is -0.768. The van der Waals surface area contributed by atoms with Crippen molar-refractivity contribution in [3.8, 4) is 17.2 Å². The number of hydrogen-bond acceptors (Lipinski definition) is 8. The van der Waals surface area contributed by atoms with Crippen molar-refractivity contribution in [1.82, 2.24) is 9.88 Å². The molecule has 0 spiro atoms. The van der Waals surface area contributed by atoms with E-state index in [-0.39, 0.29) is 34.5 Å². The largest absolute Gasteiger partial charge is 0.493 e. The molecule has 0 unspecified atom stereocenters. The number of amides is 1. The second-order valence-electron chi connectivity index (χ2n) is 7.91. The van der Waals surface area contributed by atoms with E-state index >= 15 is 0 Å². The van der Waals surface area contributed by atoms with Crippen LogP contribution in [0.4, 0.5) is 13.9 Å². The lowest BCUT2D eigenvalue weighted by molar-refractivity contribution is 0.0376. The fraction of sp³-hybridized carbons (Fsp3) is 0.417. The Hall–Kier alpha value is -2.73. The van der Waals surface area contributed by atoms with E-state index in [9.17, 15) is 13.6 Å². The Morgan fingerprint density at radius 1 is 1.08 bits per heavy atom. The molecule has 1 aliphatic rings. The zero-order valence-electron chi connectivity index (χ0n) is 20.2. The van der Waals surface area contributed by atoms with E-state index in [0.29, 0.717) is 48.1 Å². The van der Waals surface area contributed by atoms with Gasteiger partial charge in [0.05, 0.1) is 39.2 Å². The van der Waals surface area contributed by atoms with Crippen molar-refractivity contribution >= 4 is 45.0 Å². The number of carbonyl (C=O) groups is 1. The fourth-order valence-electron chi connectivity index (χ4n) is 3.98. The van der Waals surface area contributed by atoms with Gasteiger partial charge in [0.15, 0.2) is 22.4 Å². The molecule has 0 saturated carbocycles. The molecule has 0 radical (unpaired) electrons. The molecule has 12 heteroatoms. The van der Waals surface area contributed by atoms with Crippen LogP contribution in [0.15, 0.2) is 24.3 Å². The lowest BCUT2D eigenvalue weighted by Gasteiger charge is -2.28. The smallest absolute Gasteiger partial charge is 0.260 e. The third kappa shape index (κ3) is 5.97. The van der Waals surface area contributed by atoms with Crippen LogP contribution in [0.3, 0.4) is 0 Å². The number of halogens is 3. The molecule has 36 heavy (non-hydrogen) atoms. The number of aromatic nitrogens is 1. The molecular weight excluding hydrogens is 516 g/mol. The number of benzene rings is 2. The molecule has 3 aromatic rings. The third-order valence-corrected chi connectivity index (χ3v) is 6.77. The molecule has 2 heterocycles. The first kappa shape index (κ1) is 27.9. The summed E-state index contributed by atoms with van der Waals surface area (Å²) in [5.41, 5.74) is 0.319. The Morgan fingerprint density at radius 2 is 1.75 bits per heavy atom. The van der Waals surface area contributed by atoms with E-state index in [1.165, 1.54) is 32.3 Å². The molecule has 196 valence electrons. The van der Waals surface area contributed by atoms with E-state index in [1.54, 1.807) is 12.1 Å². The van der Waals surface area contributed by atoms with E-state index in [4.69, 9.17) is 18.9 Å². The first-order valence-electron chi connectivity index (χ1n) is 11.1. The lowest BCUT2D eigenvalue weighted by Crippen LogP contribution is -2.39. The summed E-state index contributed by atoms with van der Waals surface area (Å²) in [5, 5.41) is 0.283. The number of ether oxygens (including phenoxy) is 4. The van der Waals surface area contributed by atoms with Gasteiger partial charge in [-0.25, -0.2) is 13.8 Å². The Bertz CT molecular complexity index is 1180. The minimum absolute atomic E-state index is 0. The van der Waals surface area contributed by atoms with Gasteiger partial charge < -0.3 is 18.9 Å². The van der Waals surface area contributed by atoms with Gasteiger partial charge in [0, 0.05) is 37.8 Å². The molecule has 0 N–H and O–H groups in total. The number of fused-ring (bicyclic) bond motifs is 1. The van der Waals surface area contributed by atoms with Crippen molar-refractivity contribution in [2.24, 2.45) is 0 Å². The maximum atomic E-state index is 14.4. The number of thiazole rings is 1. The van der Waals surface area contributed by atoms with Crippen molar-refractivity contribution in [2.75, 3.05) is 65.6 Å². The SMILES string of the molecule is COc1cc(C(=O)N(CCCN2CCOCC2)c2nc3c(F)cc(F)cc3s2)cc(OC)c1OC.Cl. The Kier molecular flexibility index (Phi) is 9.66. The normalized spacial score (nSPS) is 13.8. The van der Waals surface area contributed by atoms with Crippen LogP contribution in [-0.2, 0) is 4.74 Å². The van der Waals surface area contributed by atoms with Gasteiger partial charge in [-0.1, -0.05) is 11.3 Å². The summed E-state index contributed by atoms with van der Waals surface area (Å²) in [5.74, 6) is -0.799. The minimum Gasteiger partial charge on any atom is -0.493 e. The summed E-state index contributed by atoms with van der Waals surface area (Å²) in [4.78, 5) is 21.8. The van der Waals surface area contributed by atoms with Gasteiger partial charge in [-0.2, -0.15) is 0 Å². The second kappa shape index (κ2) is 12.5. The molecule has 1 saturated heterocycles. The number of rotatable bonds is 9. The average Bonchev–Trinajstić information content (AvgIpc) is 3.30. The van der Waals surface area contributed by atoms with E-state index in [2.05, 4.69) is 9.88 Å². The molecule has 2 aromatic carbocycles. The van der Waals surface area contributed by atoms with Crippen molar-refractivity contribution in [3.05, 3.63) is 41.5 Å². The summed E-state index contributed by atoms with van der Waals surface area (Å²) in [6.07, 6.45) is 0.656. The van der Waals surface area contributed by atoms with Crippen molar-refractivity contribution in [2.45, 2.75) is 6.42 Å². The maximum Gasteiger partial charge on any atom is 0.260 e. The summed E-state index contributed by atoms with van der Waals surface area (Å²) in [7, 11) is 4.42. The molecule has 0 bridgehead atoms.